The van der Waals surface area contributed by atoms with Crippen LogP contribution in [-0.4, -0.2) is 30.1 Å². The fourth-order valence-corrected chi connectivity index (χ4v) is 2.61. The second-order valence-electron chi connectivity index (χ2n) is 5.84. The Morgan fingerprint density at radius 3 is 2.62 bits per heavy atom. The Balaban J connectivity index is 0.00000210. The first kappa shape index (κ1) is 16.0. The first-order valence-electron chi connectivity index (χ1n) is 8.21. The van der Waals surface area contributed by atoms with Gasteiger partial charge in [-0.3, -0.25) is 15.1 Å². The van der Waals surface area contributed by atoms with E-state index in [0.717, 1.165) is 28.1 Å². The molecule has 7 nitrogen and oxygen atoms in total. The summed E-state index contributed by atoms with van der Waals surface area (Å²) >= 11 is 0. The number of hydrogen-bond acceptors (Lipinski definition) is 6. The molecule has 1 aromatic carbocycles. The van der Waals surface area contributed by atoms with E-state index in [4.69, 9.17) is 10.7 Å². The van der Waals surface area contributed by atoms with Crippen LogP contribution in [0.2, 0.25) is 0 Å². The van der Waals surface area contributed by atoms with E-state index in [1.165, 1.54) is 0 Å². The molecule has 4 aromatic rings. The third-order valence-corrected chi connectivity index (χ3v) is 4.07. The van der Waals surface area contributed by atoms with Crippen LogP contribution in [0.4, 0.5) is 0 Å². The largest absolute Gasteiger partial charge is 0.326 e. The van der Waals surface area contributed by atoms with Crippen LogP contribution >= 0.6 is 0 Å². The Labute approximate surface area is 156 Å². The predicted octanol–water partition coefficient (Wildman–Crippen LogP) is 3.74. The summed E-state index contributed by atoms with van der Waals surface area (Å²) in [4.78, 5) is 17.9. The molecule has 0 aliphatic carbocycles. The van der Waals surface area contributed by atoms with Crippen LogP contribution in [0.15, 0.2) is 55.0 Å². The minimum Gasteiger partial charge on any atom is -0.326 e. The van der Waals surface area contributed by atoms with Crippen molar-refractivity contribution in [2.45, 2.75) is 13.5 Å². The van der Waals surface area contributed by atoms with Gasteiger partial charge in [-0.2, -0.15) is 5.10 Å². The van der Waals surface area contributed by atoms with Gasteiger partial charge in [-0.15, -0.1) is 0 Å². The van der Waals surface area contributed by atoms with Gasteiger partial charge in [0.2, 0.25) is 0 Å². The van der Waals surface area contributed by atoms with E-state index >= 15 is 0 Å². The topological polar surface area (TPSA) is 106 Å². The predicted molar refractivity (Wildman–Crippen MR) is 107 cm³/mol. The van der Waals surface area contributed by atoms with Gasteiger partial charge in [-0.1, -0.05) is 24.3 Å². The number of nitrogens with zero attached hydrogens (tertiary/aromatic N) is 5. The Hall–Kier alpha value is -3.45. The summed E-state index contributed by atoms with van der Waals surface area (Å²) in [7, 11) is 0. The summed E-state index contributed by atoms with van der Waals surface area (Å²) < 4.78 is 0. The average molecular weight is 351 g/mol. The van der Waals surface area contributed by atoms with Gasteiger partial charge in [-0.05, 0) is 24.6 Å². The second-order valence-corrected chi connectivity index (χ2v) is 5.84. The maximum atomic E-state index is 5.64. The van der Waals surface area contributed by atoms with Crippen molar-refractivity contribution >= 4 is 0 Å². The van der Waals surface area contributed by atoms with E-state index in [-0.39, 0.29) is 5.71 Å². The zero-order valence-corrected chi connectivity index (χ0v) is 14.2. The maximum Gasteiger partial charge on any atom is 0.181 e. The van der Waals surface area contributed by atoms with E-state index in [0.29, 0.717) is 23.9 Å². The molecule has 26 heavy (non-hydrogen) atoms. The standard InChI is InChI=1S/C19H17N7.4H2/c1-12-17(23-16(11-22-12)15-3-2-8-21-10-15)19-24-18(25-26-19)14-6-4-13(9-20)5-7-14;;;;/h2-8,10-11H,9,20H2,1H3,(H,24,25,26);4*1H. The van der Waals surface area contributed by atoms with Gasteiger partial charge in [0.25, 0.3) is 0 Å². The average Bonchev–Trinajstić information content (AvgIpc) is 3.19. The molecule has 0 saturated carbocycles. The molecule has 0 atom stereocenters. The lowest BCUT2D eigenvalue weighted by atomic mass is 10.1. The number of aryl methyl sites for hydroxylation is 1. The number of hydrogen-bond donors (Lipinski definition) is 2. The van der Waals surface area contributed by atoms with Crippen molar-refractivity contribution < 1.29 is 5.71 Å². The van der Waals surface area contributed by atoms with Crippen molar-refractivity contribution in [2.75, 3.05) is 0 Å². The minimum absolute atomic E-state index is 0. The summed E-state index contributed by atoms with van der Waals surface area (Å²) in [5.74, 6) is 1.19. The number of H-pyrrole nitrogens is 1. The van der Waals surface area contributed by atoms with E-state index in [1.807, 2.05) is 43.3 Å². The van der Waals surface area contributed by atoms with Crippen LogP contribution in [0.5, 0.6) is 0 Å². The third kappa shape index (κ3) is 3.07. The molecule has 0 unspecified atom stereocenters. The lowest BCUT2D eigenvalue weighted by Crippen LogP contribution is -1.97. The van der Waals surface area contributed by atoms with Crippen LogP contribution in [0.3, 0.4) is 0 Å². The molecule has 0 bridgehead atoms. The van der Waals surface area contributed by atoms with E-state index in [9.17, 15) is 0 Å². The molecule has 0 amide bonds. The number of rotatable bonds is 4. The first-order valence-corrected chi connectivity index (χ1v) is 8.21. The van der Waals surface area contributed by atoms with Gasteiger partial charge in [0.05, 0.1) is 17.6 Å². The molecule has 4 rings (SSSR count). The van der Waals surface area contributed by atoms with Crippen molar-refractivity contribution in [1.82, 2.24) is 30.1 Å². The summed E-state index contributed by atoms with van der Waals surface area (Å²) in [5, 5.41) is 7.28. The Bertz CT molecular complexity index is 1040. The maximum absolute atomic E-state index is 5.64. The molecular weight excluding hydrogens is 326 g/mol. The molecule has 0 fully saturated rings. The zero-order chi connectivity index (χ0) is 17.9. The van der Waals surface area contributed by atoms with Crippen LogP contribution in [0.1, 0.15) is 17.0 Å². The van der Waals surface area contributed by atoms with Gasteiger partial charge < -0.3 is 5.73 Å². The van der Waals surface area contributed by atoms with E-state index in [1.54, 1.807) is 18.6 Å². The minimum atomic E-state index is 0. The molecule has 7 heteroatoms. The Morgan fingerprint density at radius 1 is 1.04 bits per heavy atom. The van der Waals surface area contributed by atoms with Crippen molar-refractivity contribution in [2.24, 2.45) is 5.73 Å². The molecule has 0 aliphatic rings. The highest BCUT2D eigenvalue weighted by atomic mass is 15.2. The summed E-state index contributed by atoms with van der Waals surface area (Å²) in [5.41, 5.74) is 10.7. The normalized spacial score (nSPS) is 10.8. The summed E-state index contributed by atoms with van der Waals surface area (Å²) in [6, 6.07) is 11.7. The van der Waals surface area contributed by atoms with Crippen LogP contribution in [-0.2, 0) is 6.54 Å². The summed E-state index contributed by atoms with van der Waals surface area (Å²) in [6.45, 7) is 2.41. The first-order chi connectivity index (χ1) is 12.7. The molecule has 0 spiro atoms. The van der Waals surface area contributed by atoms with Crippen molar-refractivity contribution in [3.63, 3.8) is 0 Å². The highest BCUT2D eigenvalue weighted by molar-refractivity contribution is 5.64. The van der Waals surface area contributed by atoms with Crippen LogP contribution in [0, 0.1) is 6.92 Å². The van der Waals surface area contributed by atoms with Gasteiger partial charge >= 0.3 is 0 Å². The number of benzene rings is 1. The fraction of sp³-hybridized carbons (Fsp3) is 0.105. The highest BCUT2D eigenvalue weighted by Crippen LogP contribution is 2.23. The number of pyridine rings is 1. The fourth-order valence-electron chi connectivity index (χ4n) is 2.61. The lowest BCUT2D eigenvalue weighted by molar-refractivity contribution is 1.06. The third-order valence-electron chi connectivity index (χ3n) is 4.07. The molecular formula is C19H25N7. The number of nitrogens with two attached hydrogens (primary N) is 1. The van der Waals surface area contributed by atoms with Gasteiger partial charge in [0.1, 0.15) is 5.69 Å². The van der Waals surface area contributed by atoms with E-state index in [2.05, 4.69) is 25.1 Å². The van der Waals surface area contributed by atoms with Gasteiger partial charge in [0.15, 0.2) is 11.6 Å². The Morgan fingerprint density at radius 2 is 1.88 bits per heavy atom. The molecule has 3 aromatic heterocycles. The molecule has 0 saturated heterocycles. The number of nitrogens with one attached hydrogen (secondary N) is 1. The van der Waals surface area contributed by atoms with E-state index < -0.39 is 0 Å². The molecule has 0 aliphatic heterocycles. The highest BCUT2D eigenvalue weighted by Gasteiger charge is 2.13. The molecule has 136 valence electrons. The molecule has 0 radical (unpaired) electrons. The molecule has 3 N–H and O–H groups in total. The SMILES string of the molecule is Cc1ncc(-c2cccnc2)nc1-c1nc(-c2ccc(CN)cc2)n[nH]1.[HH].[HH].[HH].[HH]. The second kappa shape index (κ2) is 6.81. The monoisotopic (exact) mass is 351 g/mol. The zero-order valence-electron chi connectivity index (χ0n) is 14.2. The molecule has 3 heterocycles. The van der Waals surface area contributed by atoms with Crippen LogP contribution < -0.4 is 5.73 Å². The summed E-state index contributed by atoms with van der Waals surface area (Å²) in [6.07, 6.45) is 5.22. The van der Waals surface area contributed by atoms with Gasteiger partial charge in [0, 0.05) is 35.8 Å². The van der Waals surface area contributed by atoms with Crippen molar-refractivity contribution in [3.8, 4) is 34.2 Å². The number of aromatic nitrogens is 6. The quantitative estimate of drug-likeness (QED) is 0.580. The van der Waals surface area contributed by atoms with Crippen molar-refractivity contribution in [1.29, 1.82) is 0 Å². The van der Waals surface area contributed by atoms with Crippen molar-refractivity contribution in [3.05, 3.63) is 66.2 Å². The van der Waals surface area contributed by atoms with Crippen LogP contribution in [0.25, 0.3) is 34.2 Å². The smallest absolute Gasteiger partial charge is 0.181 e. The lowest BCUT2D eigenvalue weighted by Gasteiger charge is -2.04. The van der Waals surface area contributed by atoms with Gasteiger partial charge in [-0.25, -0.2) is 9.97 Å². The number of aromatic amines is 1. The Kier molecular flexibility index (Phi) is 4.20.